The van der Waals surface area contributed by atoms with Gasteiger partial charge in [0.15, 0.2) is 11.0 Å². The maximum atomic E-state index is 12.7. The fourth-order valence-corrected chi connectivity index (χ4v) is 3.87. The highest BCUT2D eigenvalue weighted by atomic mass is 35.5. The van der Waals surface area contributed by atoms with E-state index in [1.165, 1.54) is 23.9 Å². The van der Waals surface area contributed by atoms with Crippen LogP contribution in [0, 0.1) is 17.0 Å². The molecule has 1 unspecified atom stereocenters. The number of carbonyl (C=O) groups is 1. The molecule has 0 bridgehead atoms. The van der Waals surface area contributed by atoms with Crippen LogP contribution < -0.4 is 10.1 Å². The lowest BCUT2D eigenvalue weighted by molar-refractivity contribution is -0.384. The molecule has 9 nitrogen and oxygen atoms in total. The van der Waals surface area contributed by atoms with Gasteiger partial charge in [-0.1, -0.05) is 29.4 Å². The first kappa shape index (κ1) is 23.6. The number of nitrogens with zero attached hydrogens (tertiary/aromatic N) is 4. The molecule has 0 saturated carbocycles. The van der Waals surface area contributed by atoms with E-state index in [1.54, 1.807) is 44.2 Å². The van der Waals surface area contributed by atoms with E-state index >= 15 is 0 Å². The van der Waals surface area contributed by atoms with Gasteiger partial charge >= 0.3 is 0 Å². The van der Waals surface area contributed by atoms with Crippen LogP contribution >= 0.6 is 23.4 Å². The Morgan fingerprint density at radius 1 is 1.28 bits per heavy atom. The van der Waals surface area contributed by atoms with Crippen LogP contribution in [-0.4, -0.2) is 30.8 Å². The number of nitro groups is 1. The van der Waals surface area contributed by atoms with Gasteiger partial charge in [0.05, 0.1) is 15.9 Å². The van der Waals surface area contributed by atoms with E-state index in [0.29, 0.717) is 34.0 Å². The standard InChI is InChI=1S/C21H22ClN5O4S/c1-4-26-19(12-31-17-9-6-15(22)7-10-17)24-25-21(26)32-14(3)20(28)23-18-11-16(27(29)30)8-5-13(18)2/h5-11,14H,4,12H2,1-3H3,(H,23,28). The van der Waals surface area contributed by atoms with Crippen LogP contribution in [0.4, 0.5) is 11.4 Å². The summed E-state index contributed by atoms with van der Waals surface area (Å²) in [5, 5.41) is 22.9. The fourth-order valence-electron chi connectivity index (χ4n) is 2.81. The molecule has 1 aromatic heterocycles. The molecule has 0 radical (unpaired) electrons. The molecule has 32 heavy (non-hydrogen) atoms. The van der Waals surface area contributed by atoms with Crippen LogP contribution in [0.5, 0.6) is 5.75 Å². The predicted octanol–water partition coefficient (Wildman–Crippen LogP) is 4.87. The third-order valence-electron chi connectivity index (χ3n) is 4.63. The van der Waals surface area contributed by atoms with Crippen molar-refractivity contribution in [3.8, 4) is 5.75 Å². The first-order valence-electron chi connectivity index (χ1n) is 9.81. The summed E-state index contributed by atoms with van der Waals surface area (Å²) in [7, 11) is 0. The van der Waals surface area contributed by atoms with Gasteiger partial charge in [-0.25, -0.2) is 0 Å². The quantitative estimate of drug-likeness (QED) is 0.267. The molecule has 1 atom stereocenters. The molecule has 0 spiro atoms. The monoisotopic (exact) mass is 475 g/mol. The molecule has 0 aliphatic carbocycles. The van der Waals surface area contributed by atoms with E-state index in [2.05, 4.69) is 15.5 Å². The SMILES string of the molecule is CCn1c(COc2ccc(Cl)cc2)nnc1SC(C)C(=O)Nc1cc([N+](=O)[O-])ccc1C. The fraction of sp³-hybridized carbons (Fsp3) is 0.286. The van der Waals surface area contributed by atoms with E-state index in [4.69, 9.17) is 16.3 Å². The minimum atomic E-state index is -0.506. The number of hydrogen-bond donors (Lipinski definition) is 1. The number of aromatic nitrogens is 3. The molecule has 0 saturated heterocycles. The topological polar surface area (TPSA) is 112 Å². The van der Waals surface area contributed by atoms with Crippen molar-refractivity contribution in [3.63, 3.8) is 0 Å². The van der Waals surface area contributed by atoms with Crippen LogP contribution in [0.25, 0.3) is 0 Å². The van der Waals surface area contributed by atoms with Crippen molar-refractivity contribution in [3.05, 3.63) is 69.0 Å². The molecule has 1 heterocycles. The Bertz CT molecular complexity index is 1120. The van der Waals surface area contributed by atoms with Crippen LogP contribution in [0.2, 0.25) is 5.02 Å². The van der Waals surface area contributed by atoms with Crippen molar-refractivity contribution in [1.82, 2.24) is 14.8 Å². The number of amides is 1. The van der Waals surface area contributed by atoms with Gasteiger partial charge in [-0.05, 0) is 50.6 Å². The number of ether oxygens (including phenoxy) is 1. The van der Waals surface area contributed by atoms with Gasteiger partial charge in [0, 0.05) is 23.7 Å². The number of halogens is 1. The summed E-state index contributed by atoms with van der Waals surface area (Å²) in [4.78, 5) is 23.2. The molecule has 1 N–H and O–H groups in total. The Morgan fingerprint density at radius 3 is 2.66 bits per heavy atom. The van der Waals surface area contributed by atoms with E-state index < -0.39 is 10.2 Å². The number of thioether (sulfide) groups is 1. The number of hydrogen-bond acceptors (Lipinski definition) is 7. The number of rotatable bonds is 9. The van der Waals surface area contributed by atoms with Gasteiger partial charge in [0.25, 0.3) is 5.69 Å². The van der Waals surface area contributed by atoms with Gasteiger partial charge in [-0.3, -0.25) is 14.9 Å². The maximum absolute atomic E-state index is 12.7. The highest BCUT2D eigenvalue weighted by Crippen LogP contribution is 2.26. The molecule has 11 heteroatoms. The highest BCUT2D eigenvalue weighted by Gasteiger charge is 2.21. The Hall–Kier alpha value is -3.11. The summed E-state index contributed by atoms with van der Waals surface area (Å²) in [6.07, 6.45) is 0. The smallest absolute Gasteiger partial charge is 0.271 e. The average molecular weight is 476 g/mol. The Kier molecular flexibility index (Phi) is 7.70. The molecule has 0 aliphatic rings. The molecular weight excluding hydrogens is 454 g/mol. The summed E-state index contributed by atoms with van der Waals surface area (Å²) in [6.45, 7) is 6.29. The summed E-state index contributed by atoms with van der Waals surface area (Å²) < 4.78 is 7.63. The largest absolute Gasteiger partial charge is 0.486 e. The molecule has 0 fully saturated rings. The second-order valence-electron chi connectivity index (χ2n) is 6.89. The number of benzene rings is 2. The van der Waals surface area contributed by atoms with Crippen molar-refractivity contribution in [2.45, 2.75) is 44.3 Å². The predicted molar refractivity (Wildman–Crippen MR) is 123 cm³/mol. The van der Waals surface area contributed by atoms with Gasteiger partial charge < -0.3 is 14.6 Å². The number of nitro benzene ring substituents is 1. The van der Waals surface area contributed by atoms with Gasteiger partial charge in [0.1, 0.15) is 12.4 Å². The maximum Gasteiger partial charge on any atom is 0.271 e. The van der Waals surface area contributed by atoms with E-state index in [9.17, 15) is 14.9 Å². The van der Waals surface area contributed by atoms with Gasteiger partial charge in [-0.2, -0.15) is 0 Å². The lowest BCUT2D eigenvalue weighted by Crippen LogP contribution is -2.23. The molecule has 3 aromatic rings. The van der Waals surface area contributed by atoms with Gasteiger partial charge in [0.2, 0.25) is 5.91 Å². The minimum absolute atomic E-state index is 0.0812. The van der Waals surface area contributed by atoms with Gasteiger partial charge in [-0.15, -0.1) is 10.2 Å². The third kappa shape index (κ3) is 5.77. The number of carbonyl (C=O) groups excluding carboxylic acids is 1. The van der Waals surface area contributed by atoms with Crippen LogP contribution in [0.3, 0.4) is 0 Å². The molecule has 168 valence electrons. The van der Waals surface area contributed by atoms with E-state index in [1.807, 2.05) is 11.5 Å². The third-order valence-corrected chi connectivity index (χ3v) is 5.96. The number of nitrogens with one attached hydrogen (secondary N) is 1. The second-order valence-corrected chi connectivity index (χ2v) is 8.64. The van der Waals surface area contributed by atoms with Crippen LogP contribution in [-0.2, 0) is 17.9 Å². The van der Waals surface area contributed by atoms with Crippen molar-refractivity contribution in [1.29, 1.82) is 0 Å². The number of aryl methyl sites for hydroxylation is 1. The molecule has 2 aromatic carbocycles. The average Bonchev–Trinajstić information content (AvgIpc) is 3.15. The van der Waals surface area contributed by atoms with Crippen molar-refractivity contribution >= 4 is 40.6 Å². The molecule has 3 rings (SSSR count). The van der Waals surface area contributed by atoms with Crippen molar-refractivity contribution < 1.29 is 14.5 Å². The Balaban J connectivity index is 1.66. The molecule has 1 amide bonds. The van der Waals surface area contributed by atoms with Crippen LogP contribution in [0.15, 0.2) is 47.6 Å². The summed E-state index contributed by atoms with van der Waals surface area (Å²) in [5.41, 5.74) is 1.06. The van der Waals surface area contributed by atoms with Crippen molar-refractivity contribution in [2.24, 2.45) is 0 Å². The van der Waals surface area contributed by atoms with Crippen LogP contribution in [0.1, 0.15) is 25.2 Å². The number of non-ortho nitro benzene ring substituents is 1. The zero-order chi connectivity index (χ0) is 23.3. The lowest BCUT2D eigenvalue weighted by atomic mass is 10.2. The molecular formula is C21H22ClN5O4S. The first-order valence-corrected chi connectivity index (χ1v) is 11.1. The second kappa shape index (κ2) is 10.5. The minimum Gasteiger partial charge on any atom is -0.486 e. The zero-order valence-electron chi connectivity index (χ0n) is 17.7. The van der Waals surface area contributed by atoms with E-state index in [-0.39, 0.29) is 18.2 Å². The normalized spacial score (nSPS) is 11.8. The summed E-state index contributed by atoms with van der Waals surface area (Å²) in [5.74, 6) is 1.00. The Morgan fingerprint density at radius 2 is 2.00 bits per heavy atom. The highest BCUT2D eigenvalue weighted by molar-refractivity contribution is 8.00. The first-order chi connectivity index (χ1) is 15.3. The zero-order valence-corrected chi connectivity index (χ0v) is 19.3. The molecule has 0 aliphatic heterocycles. The van der Waals surface area contributed by atoms with E-state index in [0.717, 1.165) is 5.56 Å². The lowest BCUT2D eigenvalue weighted by Gasteiger charge is -2.14. The summed E-state index contributed by atoms with van der Waals surface area (Å²) in [6, 6.07) is 11.4. The van der Waals surface area contributed by atoms with Crippen molar-refractivity contribution in [2.75, 3.05) is 5.32 Å². The number of anilines is 1. The summed E-state index contributed by atoms with van der Waals surface area (Å²) >= 11 is 7.14. The Labute approximate surface area is 194 Å².